The minimum absolute atomic E-state index is 0.353. The number of amides is 1. The molecule has 76 valence electrons. The van der Waals surface area contributed by atoms with Crippen LogP contribution in [0.2, 0.25) is 0 Å². The van der Waals surface area contributed by atoms with Crippen LogP contribution in [0.1, 0.15) is 11.7 Å². The van der Waals surface area contributed by atoms with Crippen molar-refractivity contribution >= 4 is 16.9 Å². The zero-order valence-corrected chi connectivity index (χ0v) is 7.89. The first-order valence-electron chi connectivity index (χ1n) is 3.61. The van der Waals surface area contributed by atoms with E-state index in [0.29, 0.717) is 5.56 Å². The fourth-order valence-electron chi connectivity index (χ4n) is 0.901. The summed E-state index contributed by atoms with van der Waals surface area (Å²) in [6, 6.07) is 2.91. The van der Waals surface area contributed by atoms with Gasteiger partial charge in [0.15, 0.2) is 6.10 Å². The molecule has 0 radical (unpaired) electrons. The number of carbonyl (C=O) groups is 1. The number of carbonyl (C=O) groups excluding carboxylic acids is 1. The molecule has 2 N–H and O–H groups in total. The number of hydrogen-bond donors (Lipinski definition) is 2. The third-order valence-electron chi connectivity index (χ3n) is 1.46. The van der Waals surface area contributed by atoms with E-state index in [0.717, 1.165) is 0 Å². The van der Waals surface area contributed by atoms with Gasteiger partial charge in [0, 0.05) is 12.4 Å². The van der Waals surface area contributed by atoms with Crippen molar-refractivity contribution < 1.29 is 17.4 Å². The summed E-state index contributed by atoms with van der Waals surface area (Å²) in [5.41, 5.74) is 5.32. The van der Waals surface area contributed by atoms with Crippen LogP contribution in [0.3, 0.4) is 0 Å². The van der Waals surface area contributed by atoms with Gasteiger partial charge in [-0.25, -0.2) is 8.42 Å². The van der Waals surface area contributed by atoms with E-state index in [4.69, 9.17) is 5.73 Å². The lowest BCUT2D eigenvalue weighted by Gasteiger charge is -2.09. The molecule has 1 atom stereocenters. The van der Waals surface area contributed by atoms with Crippen LogP contribution >= 0.6 is 0 Å². The Kier molecular flexibility index (Phi) is 3.55. The Hall–Kier alpha value is -1.47. The Labute approximate surface area is 81.9 Å². The van der Waals surface area contributed by atoms with Crippen LogP contribution in [-0.2, 0) is 20.0 Å². The summed E-state index contributed by atoms with van der Waals surface area (Å²) in [6.45, 7) is 0. The van der Waals surface area contributed by atoms with Gasteiger partial charge >= 0.3 is 0 Å². The summed E-state index contributed by atoms with van der Waals surface area (Å²) >= 11 is 0. The van der Waals surface area contributed by atoms with Gasteiger partial charge in [-0.1, -0.05) is 0 Å². The monoisotopic (exact) mass is 216 g/mol. The van der Waals surface area contributed by atoms with Crippen LogP contribution in [0.25, 0.3) is 0 Å². The average Bonchev–Trinajstić information content (AvgIpc) is 2.15. The number of pyridine rings is 1. The number of hydrogen-bond acceptors (Lipinski definition) is 5. The van der Waals surface area contributed by atoms with E-state index in [2.05, 4.69) is 9.17 Å². The molecule has 0 aliphatic heterocycles. The molecule has 1 heterocycles. The molecule has 0 aliphatic rings. The number of aromatic nitrogens is 1. The van der Waals surface area contributed by atoms with Crippen molar-refractivity contribution in [3.05, 3.63) is 30.1 Å². The predicted octanol–water partition coefficient (Wildman–Crippen LogP) is -0.849. The molecule has 0 aliphatic carbocycles. The summed E-state index contributed by atoms with van der Waals surface area (Å²) in [7, 11) is -3.12. The van der Waals surface area contributed by atoms with Crippen molar-refractivity contribution in [2.45, 2.75) is 6.10 Å². The highest BCUT2D eigenvalue weighted by molar-refractivity contribution is 7.67. The van der Waals surface area contributed by atoms with Crippen molar-refractivity contribution in [2.24, 2.45) is 5.73 Å². The molecule has 0 bridgehead atoms. The fraction of sp³-hybridized carbons (Fsp3) is 0.143. The molecule has 1 aromatic rings. The summed E-state index contributed by atoms with van der Waals surface area (Å²) in [6.07, 6.45) is 1.54. The minimum Gasteiger partial charge on any atom is -0.367 e. The molecule has 6 nitrogen and oxygen atoms in total. The number of nitrogens with two attached hydrogens (primary N) is 1. The Morgan fingerprint density at radius 1 is 1.43 bits per heavy atom. The van der Waals surface area contributed by atoms with E-state index in [1.807, 2.05) is 0 Å². The van der Waals surface area contributed by atoms with Crippen LogP contribution in [0.4, 0.5) is 0 Å². The number of rotatable bonds is 4. The number of primary amides is 1. The molecule has 7 heteroatoms. The van der Waals surface area contributed by atoms with E-state index in [1.165, 1.54) is 24.5 Å². The summed E-state index contributed by atoms with van der Waals surface area (Å²) in [5, 5.41) is 0. The maximum atomic E-state index is 10.8. The summed E-state index contributed by atoms with van der Waals surface area (Å²) in [4.78, 5) is 14.6. The first-order chi connectivity index (χ1) is 6.61. The molecule has 14 heavy (non-hydrogen) atoms. The first-order valence-corrected chi connectivity index (χ1v) is 4.71. The zero-order valence-electron chi connectivity index (χ0n) is 6.99. The smallest absolute Gasteiger partial charge is 0.258 e. The molecule has 1 unspecified atom stereocenters. The molecule has 0 spiro atoms. The molecule has 1 aromatic heterocycles. The predicted molar refractivity (Wildman–Crippen MR) is 47.6 cm³/mol. The van der Waals surface area contributed by atoms with Gasteiger partial charge in [-0.2, -0.15) is 0 Å². The number of nitrogens with zero attached hydrogens (tertiary/aromatic N) is 1. The lowest BCUT2D eigenvalue weighted by atomic mass is 10.1. The van der Waals surface area contributed by atoms with Crippen LogP contribution in [0, 0.1) is 0 Å². The molecule has 1 rings (SSSR count). The van der Waals surface area contributed by atoms with Gasteiger partial charge in [0.25, 0.3) is 16.9 Å². The number of thiol groups is 1. The molecule has 1 amide bonds. The van der Waals surface area contributed by atoms with E-state index in [1.54, 1.807) is 0 Å². The topological polar surface area (TPSA) is 99.4 Å². The average molecular weight is 216 g/mol. The second-order valence-corrected chi connectivity index (χ2v) is 3.05. The van der Waals surface area contributed by atoms with E-state index >= 15 is 0 Å². The van der Waals surface area contributed by atoms with Gasteiger partial charge in [-0.15, -0.1) is 0 Å². The third-order valence-corrected chi connectivity index (χ3v) is 1.84. The Balaban J connectivity index is 2.94. The maximum Gasteiger partial charge on any atom is 0.258 e. The maximum absolute atomic E-state index is 10.8. The quantitative estimate of drug-likeness (QED) is 0.639. The third kappa shape index (κ3) is 2.79. The van der Waals surface area contributed by atoms with Gasteiger partial charge < -0.3 is 5.73 Å². The van der Waals surface area contributed by atoms with Gasteiger partial charge in [0.2, 0.25) is 0 Å². The van der Waals surface area contributed by atoms with Gasteiger partial charge in [-0.3, -0.25) is 14.0 Å². The second kappa shape index (κ2) is 4.68. The highest BCUT2D eigenvalue weighted by Crippen LogP contribution is 2.15. The summed E-state index contributed by atoms with van der Waals surface area (Å²) in [5.74, 6) is -0.865. The highest BCUT2D eigenvalue weighted by Gasteiger charge is 2.19. The second-order valence-electron chi connectivity index (χ2n) is 2.39. The van der Waals surface area contributed by atoms with Crippen LogP contribution < -0.4 is 5.73 Å². The molecule has 0 saturated heterocycles. The Morgan fingerprint density at radius 3 is 2.43 bits per heavy atom. The van der Waals surface area contributed by atoms with Crippen molar-refractivity contribution in [3.63, 3.8) is 0 Å². The molecular formula is C7H8N2O4S. The summed E-state index contributed by atoms with van der Waals surface area (Å²) < 4.78 is 24.9. The zero-order chi connectivity index (χ0) is 10.6. The van der Waals surface area contributed by atoms with Crippen LogP contribution in [0.15, 0.2) is 24.5 Å². The normalized spacial score (nSPS) is 12.6. The van der Waals surface area contributed by atoms with Gasteiger partial charge in [0.05, 0.1) is 0 Å². The lowest BCUT2D eigenvalue weighted by molar-refractivity contribution is -0.124. The van der Waals surface area contributed by atoms with Crippen molar-refractivity contribution in [1.82, 2.24) is 4.98 Å². The Morgan fingerprint density at radius 2 is 2.00 bits per heavy atom. The van der Waals surface area contributed by atoms with E-state index in [9.17, 15) is 13.2 Å². The van der Waals surface area contributed by atoms with Gasteiger partial charge in [-0.05, 0) is 17.7 Å². The lowest BCUT2D eigenvalue weighted by Crippen LogP contribution is -2.23. The van der Waals surface area contributed by atoms with Crippen LogP contribution in [0.5, 0.6) is 0 Å². The molecule has 0 saturated carbocycles. The first kappa shape index (κ1) is 10.6. The minimum atomic E-state index is -3.12. The molecular weight excluding hydrogens is 208 g/mol. The molecule has 0 fully saturated rings. The van der Waals surface area contributed by atoms with Crippen molar-refractivity contribution in [3.8, 4) is 0 Å². The van der Waals surface area contributed by atoms with Gasteiger partial charge in [0.1, 0.15) is 0 Å². The highest BCUT2D eigenvalue weighted by atomic mass is 32.2. The van der Waals surface area contributed by atoms with E-state index in [-0.39, 0.29) is 0 Å². The SMILES string of the molecule is NC(=O)C(O[SH](=O)=O)c1ccncc1. The fourth-order valence-corrected chi connectivity index (χ4v) is 1.30. The van der Waals surface area contributed by atoms with Crippen molar-refractivity contribution in [1.29, 1.82) is 0 Å². The van der Waals surface area contributed by atoms with Crippen molar-refractivity contribution in [2.75, 3.05) is 0 Å². The molecule has 0 aromatic carbocycles. The standard InChI is InChI=1S/C7H8N2O4S/c8-7(10)6(13-14(11)12)5-1-3-9-4-2-5/h1-4,6,14H,(H2,8,10). The van der Waals surface area contributed by atoms with E-state index < -0.39 is 23.0 Å². The Bertz CT molecular complexity index is 382. The largest absolute Gasteiger partial charge is 0.367 e. The van der Waals surface area contributed by atoms with Crippen LogP contribution in [-0.4, -0.2) is 19.3 Å².